The lowest BCUT2D eigenvalue weighted by Crippen LogP contribution is -2.53. The molecule has 154 valence electrons. The number of aliphatic carboxylic acids is 1. The molecule has 0 aliphatic rings. The Morgan fingerprint density at radius 3 is 2.18 bits per heavy atom. The minimum Gasteiger partial charge on any atom is -0.508 e. The second-order valence-corrected chi connectivity index (χ2v) is 6.04. The number of nitrogens with two attached hydrogens (primary N) is 1. The highest BCUT2D eigenvalue weighted by molar-refractivity contribution is 5.92. The predicted molar refractivity (Wildman–Crippen MR) is 97.1 cm³/mol. The molecule has 3 amide bonds. The molecule has 0 saturated carbocycles. The molecule has 3 atom stereocenters. The van der Waals surface area contributed by atoms with E-state index in [0.717, 1.165) is 0 Å². The van der Waals surface area contributed by atoms with Gasteiger partial charge in [-0.15, -0.1) is 0 Å². The van der Waals surface area contributed by atoms with Gasteiger partial charge in [0, 0.05) is 6.42 Å². The predicted octanol–water partition coefficient (Wildman–Crippen LogP) is -2.56. The summed E-state index contributed by atoms with van der Waals surface area (Å²) in [6, 6.07) is 3.41. The van der Waals surface area contributed by atoms with E-state index in [1.807, 2.05) is 0 Å². The Morgan fingerprint density at radius 1 is 1.07 bits per heavy atom. The first-order chi connectivity index (χ1) is 13.1. The smallest absolute Gasteiger partial charge is 0.328 e. The van der Waals surface area contributed by atoms with Crippen LogP contribution in [-0.2, 0) is 25.6 Å². The highest BCUT2D eigenvalue weighted by Crippen LogP contribution is 2.11. The molecule has 28 heavy (non-hydrogen) atoms. The van der Waals surface area contributed by atoms with Crippen LogP contribution in [-0.4, -0.2) is 70.3 Å². The SMILES string of the molecule is CC(O)C(NC(=O)CNC(=O)C(Cc1ccc(O)cc1)NC(=O)CN)C(=O)O. The number of phenolic OH excluding ortho intramolecular Hbond substituents is 1. The number of carboxylic acids is 1. The Bertz CT molecular complexity index is 706. The van der Waals surface area contributed by atoms with E-state index in [4.69, 9.17) is 10.8 Å². The van der Waals surface area contributed by atoms with Crippen LogP contribution in [0, 0.1) is 0 Å². The number of aromatic hydroxyl groups is 1. The summed E-state index contributed by atoms with van der Waals surface area (Å²) in [6.07, 6.45) is -1.26. The van der Waals surface area contributed by atoms with Crippen LogP contribution in [0.15, 0.2) is 24.3 Å². The quantitative estimate of drug-likeness (QED) is 0.225. The number of rotatable bonds is 10. The van der Waals surface area contributed by atoms with Crippen LogP contribution < -0.4 is 21.7 Å². The Labute approximate surface area is 160 Å². The highest BCUT2D eigenvalue weighted by Gasteiger charge is 2.26. The van der Waals surface area contributed by atoms with E-state index in [1.54, 1.807) is 12.1 Å². The second kappa shape index (κ2) is 10.8. The van der Waals surface area contributed by atoms with Gasteiger partial charge in [-0.2, -0.15) is 0 Å². The molecule has 1 aromatic rings. The fourth-order valence-electron chi connectivity index (χ4n) is 2.23. The van der Waals surface area contributed by atoms with Crippen molar-refractivity contribution >= 4 is 23.7 Å². The molecule has 11 heteroatoms. The number of benzene rings is 1. The Hall–Kier alpha value is -3.18. The van der Waals surface area contributed by atoms with Gasteiger partial charge in [0.1, 0.15) is 11.8 Å². The molecule has 1 aromatic carbocycles. The lowest BCUT2D eigenvalue weighted by molar-refractivity contribution is -0.144. The maximum Gasteiger partial charge on any atom is 0.328 e. The average Bonchev–Trinajstić information content (AvgIpc) is 2.64. The summed E-state index contributed by atoms with van der Waals surface area (Å²) in [4.78, 5) is 46.7. The maximum absolute atomic E-state index is 12.4. The summed E-state index contributed by atoms with van der Waals surface area (Å²) in [5.74, 6) is -3.47. The Kier molecular flexibility index (Phi) is 8.85. The van der Waals surface area contributed by atoms with E-state index in [1.165, 1.54) is 19.1 Å². The normalized spacial score (nSPS) is 13.7. The summed E-state index contributed by atoms with van der Waals surface area (Å²) in [5.41, 5.74) is 5.89. The number of nitrogens with one attached hydrogen (secondary N) is 3. The van der Waals surface area contributed by atoms with Gasteiger partial charge in [0.15, 0.2) is 6.04 Å². The number of aliphatic hydroxyl groups excluding tert-OH is 1. The molecule has 0 fully saturated rings. The van der Waals surface area contributed by atoms with E-state index >= 15 is 0 Å². The summed E-state index contributed by atoms with van der Waals surface area (Å²) in [7, 11) is 0. The first-order valence-electron chi connectivity index (χ1n) is 8.39. The number of amides is 3. The van der Waals surface area contributed by atoms with Crippen molar-refractivity contribution in [3.8, 4) is 5.75 Å². The molecule has 8 N–H and O–H groups in total. The van der Waals surface area contributed by atoms with Crippen LogP contribution in [0.1, 0.15) is 12.5 Å². The summed E-state index contributed by atoms with van der Waals surface area (Å²) in [5, 5.41) is 34.4. The number of carbonyl (C=O) groups is 4. The van der Waals surface area contributed by atoms with Gasteiger partial charge in [0.25, 0.3) is 0 Å². The van der Waals surface area contributed by atoms with Crippen molar-refractivity contribution in [3.05, 3.63) is 29.8 Å². The third-order valence-corrected chi connectivity index (χ3v) is 3.70. The van der Waals surface area contributed by atoms with Gasteiger partial charge in [0.05, 0.1) is 19.2 Å². The van der Waals surface area contributed by atoms with Gasteiger partial charge in [0.2, 0.25) is 17.7 Å². The molecule has 0 saturated heterocycles. The van der Waals surface area contributed by atoms with Gasteiger partial charge in [-0.05, 0) is 24.6 Å². The molecule has 0 spiro atoms. The number of carbonyl (C=O) groups excluding carboxylic acids is 3. The van der Waals surface area contributed by atoms with Crippen molar-refractivity contribution in [3.63, 3.8) is 0 Å². The molecular formula is C17H24N4O7. The van der Waals surface area contributed by atoms with Gasteiger partial charge < -0.3 is 37.0 Å². The van der Waals surface area contributed by atoms with Gasteiger partial charge in [-0.1, -0.05) is 12.1 Å². The topological polar surface area (TPSA) is 191 Å². The molecule has 0 aliphatic heterocycles. The van der Waals surface area contributed by atoms with Crippen LogP contribution in [0.3, 0.4) is 0 Å². The van der Waals surface area contributed by atoms with Crippen molar-refractivity contribution in [1.82, 2.24) is 16.0 Å². The second-order valence-electron chi connectivity index (χ2n) is 6.04. The van der Waals surface area contributed by atoms with Crippen LogP contribution >= 0.6 is 0 Å². The van der Waals surface area contributed by atoms with Crippen LogP contribution in [0.25, 0.3) is 0 Å². The zero-order valence-electron chi connectivity index (χ0n) is 15.2. The molecule has 0 heterocycles. The number of carboxylic acid groups (broad SMARTS) is 1. The Balaban J connectivity index is 2.72. The van der Waals surface area contributed by atoms with Gasteiger partial charge in [-0.3, -0.25) is 14.4 Å². The summed E-state index contributed by atoms with van der Waals surface area (Å²) >= 11 is 0. The van der Waals surface area contributed by atoms with Crippen molar-refractivity contribution in [1.29, 1.82) is 0 Å². The zero-order chi connectivity index (χ0) is 21.3. The van der Waals surface area contributed by atoms with E-state index in [0.29, 0.717) is 5.56 Å². The molecule has 0 bridgehead atoms. The molecule has 0 aromatic heterocycles. The van der Waals surface area contributed by atoms with Crippen molar-refractivity contribution in [2.45, 2.75) is 31.5 Å². The fourth-order valence-corrected chi connectivity index (χ4v) is 2.23. The van der Waals surface area contributed by atoms with E-state index in [2.05, 4.69) is 16.0 Å². The average molecular weight is 396 g/mol. The van der Waals surface area contributed by atoms with E-state index < -0.39 is 48.4 Å². The largest absolute Gasteiger partial charge is 0.508 e. The molecular weight excluding hydrogens is 372 g/mol. The molecule has 1 rings (SSSR count). The first kappa shape index (κ1) is 22.9. The number of hydrogen-bond donors (Lipinski definition) is 7. The third-order valence-electron chi connectivity index (χ3n) is 3.70. The molecule has 11 nitrogen and oxygen atoms in total. The molecule has 3 unspecified atom stereocenters. The molecule has 0 aliphatic carbocycles. The van der Waals surface area contributed by atoms with Crippen LogP contribution in [0.4, 0.5) is 0 Å². The lowest BCUT2D eigenvalue weighted by Gasteiger charge is -2.20. The van der Waals surface area contributed by atoms with Gasteiger partial charge >= 0.3 is 5.97 Å². The maximum atomic E-state index is 12.4. The van der Waals surface area contributed by atoms with Gasteiger partial charge in [-0.25, -0.2) is 4.79 Å². The summed E-state index contributed by atoms with van der Waals surface area (Å²) < 4.78 is 0. The van der Waals surface area contributed by atoms with E-state index in [9.17, 15) is 29.4 Å². The number of aliphatic hydroxyl groups is 1. The third kappa shape index (κ3) is 7.60. The van der Waals surface area contributed by atoms with Crippen LogP contribution in [0.2, 0.25) is 0 Å². The minimum atomic E-state index is -1.52. The van der Waals surface area contributed by atoms with Crippen molar-refractivity contribution in [2.75, 3.05) is 13.1 Å². The summed E-state index contributed by atoms with van der Waals surface area (Å²) in [6.45, 7) is 0.308. The first-order valence-corrected chi connectivity index (χ1v) is 8.39. The standard InChI is InChI=1S/C17H24N4O7/c1-9(22)15(17(27)28)21-14(25)8-19-16(26)12(20-13(24)7-18)6-10-2-4-11(23)5-3-10/h2-5,9,12,15,22-23H,6-8,18H2,1H3,(H,19,26)(H,20,24)(H,21,25)(H,27,28). The number of hydrogen-bond acceptors (Lipinski definition) is 7. The number of phenols is 1. The molecule has 0 radical (unpaired) electrons. The lowest BCUT2D eigenvalue weighted by atomic mass is 10.0. The monoisotopic (exact) mass is 396 g/mol. The van der Waals surface area contributed by atoms with Crippen LogP contribution in [0.5, 0.6) is 5.75 Å². The van der Waals surface area contributed by atoms with E-state index in [-0.39, 0.29) is 18.7 Å². The van der Waals surface area contributed by atoms with Crippen molar-refractivity contribution < 1.29 is 34.5 Å². The van der Waals surface area contributed by atoms with Crippen molar-refractivity contribution in [2.24, 2.45) is 5.73 Å². The Morgan fingerprint density at radius 2 is 1.68 bits per heavy atom. The minimum absolute atomic E-state index is 0.0403. The fraction of sp³-hybridized carbons (Fsp3) is 0.412. The highest BCUT2D eigenvalue weighted by atomic mass is 16.4. The zero-order valence-corrected chi connectivity index (χ0v) is 15.2.